The molecule has 111 valence electrons. The molecule has 0 bridgehead atoms. The maximum absolute atomic E-state index is 5.91. The predicted molar refractivity (Wildman–Crippen MR) is 87.9 cm³/mol. The van der Waals surface area contributed by atoms with Crippen molar-refractivity contribution in [3.8, 4) is 22.6 Å². The van der Waals surface area contributed by atoms with Crippen molar-refractivity contribution in [2.45, 2.75) is 26.7 Å². The van der Waals surface area contributed by atoms with E-state index >= 15 is 0 Å². The highest BCUT2D eigenvalue weighted by atomic mass is 16.5. The smallest absolute Gasteiger partial charge is 0.130 e. The Balaban J connectivity index is 2.43. The van der Waals surface area contributed by atoms with E-state index < -0.39 is 0 Å². The van der Waals surface area contributed by atoms with E-state index in [0.29, 0.717) is 13.2 Å². The Morgan fingerprint density at radius 2 is 1.57 bits per heavy atom. The lowest BCUT2D eigenvalue weighted by Gasteiger charge is -2.16. The van der Waals surface area contributed by atoms with Crippen LogP contribution in [0.3, 0.4) is 0 Å². The minimum atomic E-state index is 0.692. The summed E-state index contributed by atoms with van der Waals surface area (Å²) in [6.45, 7) is 9.73. The van der Waals surface area contributed by atoms with Gasteiger partial charge in [0.05, 0.1) is 13.2 Å². The number of rotatable bonds is 7. The molecule has 2 nitrogen and oxygen atoms in total. The van der Waals surface area contributed by atoms with Gasteiger partial charge in [-0.3, -0.25) is 0 Å². The molecule has 0 unspecified atom stereocenters. The Morgan fingerprint density at radius 3 is 2.24 bits per heavy atom. The van der Waals surface area contributed by atoms with E-state index in [4.69, 9.17) is 9.47 Å². The van der Waals surface area contributed by atoms with Gasteiger partial charge in [-0.1, -0.05) is 44.2 Å². The summed E-state index contributed by atoms with van der Waals surface area (Å²) in [5, 5.41) is 0. The maximum Gasteiger partial charge on any atom is 0.130 e. The van der Waals surface area contributed by atoms with Crippen LogP contribution < -0.4 is 9.47 Å². The summed E-state index contributed by atoms with van der Waals surface area (Å²) in [7, 11) is 0. The Morgan fingerprint density at radius 1 is 0.905 bits per heavy atom. The largest absolute Gasteiger partial charge is 0.494 e. The van der Waals surface area contributed by atoms with Gasteiger partial charge in [0, 0.05) is 5.56 Å². The van der Waals surface area contributed by atoms with E-state index in [0.717, 1.165) is 41.0 Å². The van der Waals surface area contributed by atoms with Gasteiger partial charge in [0.1, 0.15) is 11.5 Å². The van der Waals surface area contributed by atoms with Gasteiger partial charge in [-0.15, -0.1) is 0 Å². The van der Waals surface area contributed by atoms with E-state index in [1.807, 2.05) is 30.3 Å². The van der Waals surface area contributed by atoms with Crippen LogP contribution in [0, 0.1) is 6.92 Å². The fourth-order valence-electron chi connectivity index (χ4n) is 2.17. The van der Waals surface area contributed by atoms with Crippen molar-refractivity contribution in [3.05, 3.63) is 55.0 Å². The fourth-order valence-corrected chi connectivity index (χ4v) is 2.17. The Bertz CT molecular complexity index is 561. The number of ether oxygens (including phenoxy) is 2. The Hall–Kier alpha value is -1.96. The number of hydrogen-bond donors (Lipinski definition) is 0. The molecule has 0 amide bonds. The van der Waals surface area contributed by atoms with E-state index in [9.17, 15) is 0 Å². The molecule has 0 heterocycles. The second-order valence-electron chi connectivity index (χ2n) is 5.02. The first kappa shape index (κ1) is 15.4. The van der Waals surface area contributed by atoms with Crippen molar-refractivity contribution in [2.24, 2.45) is 0 Å². The third-order valence-corrected chi connectivity index (χ3v) is 3.15. The Kier molecular flexibility index (Phi) is 5.68. The molecule has 2 rings (SSSR count). The molecule has 21 heavy (non-hydrogen) atoms. The molecule has 2 aromatic carbocycles. The zero-order valence-corrected chi connectivity index (χ0v) is 12.9. The van der Waals surface area contributed by atoms with Crippen LogP contribution in [0.2, 0.25) is 0 Å². The summed E-state index contributed by atoms with van der Waals surface area (Å²) >= 11 is 0. The topological polar surface area (TPSA) is 18.5 Å². The number of hydrogen-bond acceptors (Lipinski definition) is 2. The average molecular weight is 283 g/mol. The highest BCUT2D eigenvalue weighted by Crippen LogP contribution is 2.37. The molecule has 0 fully saturated rings. The first-order chi connectivity index (χ1) is 10.3. The van der Waals surface area contributed by atoms with Gasteiger partial charge in [0.25, 0.3) is 0 Å². The summed E-state index contributed by atoms with van der Waals surface area (Å²) in [6, 6.07) is 14.2. The van der Waals surface area contributed by atoms with Gasteiger partial charge in [-0.2, -0.15) is 0 Å². The van der Waals surface area contributed by atoms with Crippen molar-refractivity contribution in [3.63, 3.8) is 0 Å². The van der Waals surface area contributed by atoms with Gasteiger partial charge in [0.15, 0.2) is 0 Å². The second kappa shape index (κ2) is 7.72. The monoisotopic (exact) mass is 283 g/mol. The maximum atomic E-state index is 5.91. The zero-order chi connectivity index (χ0) is 15.1. The van der Waals surface area contributed by atoms with Crippen LogP contribution >= 0.6 is 0 Å². The van der Waals surface area contributed by atoms with E-state index in [1.165, 1.54) is 0 Å². The summed E-state index contributed by atoms with van der Waals surface area (Å²) in [5.41, 5.74) is 3.04. The fraction of sp³-hybridized carbons (Fsp3) is 0.316. The van der Waals surface area contributed by atoms with Crippen molar-refractivity contribution in [1.82, 2.24) is 0 Å². The summed E-state index contributed by atoms with van der Waals surface area (Å²) in [4.78, 5) is 0. The molecule has 0 aliphatic heterocycles. The average Bonchev–Trinajstić information content (AvgIpc) is 2.52. The third-order valence-electron chi connectivity index (χ3n) is 3.15. The molecule has 0 aliphatic rings. The Labute approximate surface area is 127 Å². The zero-order valence-electron chi connectivity index (χ0n) is 12.9. The molecule has 0 spiro atoms. The number of benzene rings is 2. The highest BCUT2D eigenvalue weighted by molar-refractivity contribution is 5.74. The first-order valence-electron chi connectivity index (χ1n) is 7.57. The minimum absolute atomic E-state index is 0.692. The molecule has 2 aromatic rings. The molecular formula is C19H23O2. The molecule has 0 aliphatic carbocycles. The molecule has 2 heteroatoms. The lowest BCUT2D eigenvalue weighted by atomic mass is 10.0. The van der Waals surface area contributed by atoms with Gasteiger partial charge in [0.2, 0.25) is 0 Å². The van der Waals surface area contributed by atoms with Gasteiger partial charge in [-0.05, 0) is 43.0 Å². The lowest BCUT2D eigenvalue weighted by molar-refractivity contribution is 0.309. The minimum Gasteiger partial charge on any atom is -0.494 e. The van der Waals surface area contributed by atoms with Crippen molar-refractivity contribution in [1.29, 1.82) is 0 Å². The SMILES string of the molecule is [CH2]c1cc(OCCC)cc(-c2ccccc2)c1OCCC. The summed E-state index contributed by atoms with van der Waals surface area (Å²) < 4.78 is 11.7. The molecule has 0 saturated heterocycles. The van der Waals surface area contributed by atoms with Gasteiger partial charge < -0.3 is 9.47 Å². The van der Waals surface area contributed by atoms with Crippen LogP contribution in [0.5, 0.6) is 11.5 Å². The van der Waals surface area contributed by atoms with Crippen LogP contribution in [0.1, 0.15) is 32.3 Å². The van der Waals surface area contributed by atoms with E-state index in [-0.39, 0.29) is 0 Å². The lowest BCUT2D eigenvalue weighted by Crippen LogP contribution is -2.01. The van der Waals surface area contributed by atoms with Crippen LogP contribution in [-0.4, -0.2) is 13.2 Å². The van der Waals surface area contributed by atoms with Crippen LogP contribution in [-0.2, 0) is 0 Å². The third kappa shape index (κ3) is 4.01. The molecule has 1 radical (unpaired) electrons. The summed E-state index contributed by atoms with van der Waals surface area (Å²) in [6.07, 6.45) is 1.96. The normalized spacial score (nSPS) is 10.4. The highest BCUT2D eigenvalue weighted by Gasteiger charge is 2.12. The first-order valence-corrected chi connectivity index (χ1v) is 7.57. The van der Waals surface area contributed by atoms with Gasteiger partial charge >= 0.3 is 0 Å². The van der Waals surface area contributed by atoms with Crippen molar-refractivity contribution >= 4 is 0 Å². The van der Waals surface area contributed by atoms with Crippen LogP contribution in [0.4, 0.5) is 0 Å². The van der Waals surface area contributed by atoms with E-state index in [1.54, 1.807) is 0 Å². The molecule has 0 aromatic heterocycles. The van der Waals surface area contributed by atoms with Crippen LogP contribution in [0.15, 0.2) is 42.5 Å². The standard InChI is InChI=1S/C19H23O2/c1-4-11-20-17-13-15(3)19(21-12-5-2)18(14-17)16-9-7-6-8-10-16/h6-10,13-14H,3-5,11-12H2,1-2H3. The molecule has 0 atom stereocenters. The molecular weight excluding hydrogens is 260 g/mol. The van der Waals surface area contributed by atoms with Crippen molar-refractivity contribution < 1.29 is 9.47 Å². The second-order valence-corrected chi connectivity index (χ2v) is 5.02. The van der Waals surface area contributed by atoms with Crippen molar-refractivity contribution in [2.75, 3.05) is 13.2 Å². The summed E-state index contributed by atoms with van der Waals surface area (Å²) in [5.74, 6) is 1.71. The van der Waals surface area contributed by atoms with E-state index in [2.05, 4.69) is 32.9 Å². The van der Waals surface area contributed by atoms with Gasteiger partial charge in [-0.25, -0.2) is 0 Å². The quantitative estimate of drug-likeness (QED) is 0.702. The molecule has 0 N–H and O–H groups in total. The molecule has 0 saturated carbocycles. The van der Waals surface area contributed by atoms with Crippen LogP contribution in [0.25, 0.3) is 11.1 Å². The predicted octanol–water partition coefficient (Wildman–Crippen LogP) is 5.11.